The fourth-order valence-electron chi connectivity index (χ4n) is 5.73. The van der Waals surface area contributed by atoms with Gasteiger partial charge in [0.1, 0.15) is 0 Å². The standard InChI is InChI=1S/C15H26O2/c1-13(2)6-5-7-14(3)10-9(16)8-15(14,4)12(17)11(10)13/h9-12,16-17H,5-8H2,1-4H3/t9-,10-,11-,12-,14+,15+/m1/s1. The summed E-state index contributed by atoms with van der Waals surface area (Å²) < 4.78 is 0. The van der Waals surface area contributed by atoms with E-state index in [1.165, 1.54) is 19.3 Å². The Morgan fingerprint density at radius 3 is 2.18 bits per heavy atom. The zero-order valence-electron chi connectivity index (χ0n) is 11.5. The molecule has 4 bridgehead atoms. The minimum atomic E-state index is -0.226. The van der Waals surface area contributed by atoms with Crippen LogP contribution in [-0.2, 0) is 0 Å². The van der Waals surface area contributed by atoms with Crippen LogP contribution in [0.2, 0.25) is 0 Å². The van der Waals surface area contributed by atoms with Crippen molar-refractivity contribution < 1.29 is 10.2 Å². The maximum atomic E-state index is 10.8. The van der Waals surface area contributed by atoms with Gasteiger partial charge in [0.05, 0.1) is 12.2 Å². The van der Waals surface area contributed by atoms with Crippen molar-refractivity contribution in [1.82, 2.24) is 0 Å². The Morgan fingerprint density at radius 2 is 1.53 bits per heavy atom. The van der Waals surface area contributed by atoms with E-state index in [4.69, 9.17) is 0 Å². The average molecular weight is 238 g/mol. The maximum Gasteiger partial charge on any atom is 0.0637 e. The first-order valence-corrected chi connectivity index (χ1v) is 7.10. The fraction of sp³-hybridized carbons (Fsp3) is 1.00. The maximum absolute atomic E-state index is 10.8. The lowest BCUT2D eigenvalue weighted by molar-refractivity contribution is -0.0850. The van der Waals surface area contributed by atoms with E-state index in [0.29, 0.717) is 5.92 Å². The summed E-state index contributed by atoms with van der Waals surface area (Å²) in [5.74, 6) is 0.587. The van der Waals surface area contributed by atoms with Crippen molar-refractivity contribution in [2.24, 2.45) is 28.1 Å². The fourth-order valence-corrected chi connectivity index (χ4v) is 5.73. The van der Waals surface area contributed by atoms with Gasteiger partial charge in [0, 0.05) is 5.41 Å². The van der Waals surface area contributed by atoms with Crippen molar-refractivity contribution in [3.8, 4) is 0 Å². The Labute approximate surface area is 104 Å². The van der Waals surface area contributed by atoms with E-state index in [-0.39, 0.29) is 34.4 Å². The SMILES string of the molecule is CC1(C)CCC[C@@]2(C)[C@H]3[C@@H]1[C@@H](O)[C@]2(C)C[C@H]3O. The summed E-state index contributed by atoms with van der Waals surface area (Å²) in [6.45, 7) is 9.09. The molecule has 0 amide bonds. The molecule has 0 spiro atoms. The summed E-state index contributed by atoms with van der Waals surface area (Å²) in [7, 11) is 0. The van der Waals surface area contributed by atoms with E-state index < -0.39 is 0 Å². The molecule has 3 aliphatic rings. The smallest absolute Gasteiger partial charge is 0.0637 e. The molecule has 0 aliphatic heterocycles. The quantitative estimate of drug-likeness (QED) is 0.681. The molecule has 6 atom stereocenters. The van der Waals surface area contributed by atoms with Crippen molar-refractivity contribution in [2.75, 3.05) is 0 Å². The van der Waals surface area contributed by atoms with Crippen molar-refractivity contribution in [2.45, 2.75) is 65.6 Å². The van der Waals surface area contributed by atoms with Crippen LogP contribution in [0.15, 0.2) is 0 Å². The van der Waals surface area contributed by atoms with Crippen LogP contribution in [0.5, 0.6) is 0 Å². The number of aliphatic hydroxyl groups is 2. The second kappa shape index (κ2) is 3.08. The molecular weight excluding hydrogens is 212 g/mol. The largest absolute Gasteiger partial charge is 0.393 e. The average Bonchev–Trinajstić information content (AvgIpc) is 2.44. The number of hydrogen-bond acceptors (Lipinski definition) is 2. The van der Waals surface area contributed by atoms with Gasteiger partial charge in [-0.25, -0.2) is 0 Å². The third-order valence-corrected chi connectivity index (χ3v) is 6.89. The van der Waals surface area contributed by atoms with E-state index in [2.05, 4.69) is 27.7 Å². The molecule has 3 saturated carbocycles. The molecule has 3 rings (SSSR count). The summed E-state index contributed by atoms with van der Waals surface area (Å²) in [6, 6.07) is 0. The van der Waals surface area contributed by atoms with Crippen LogP contribution in [0.1, 0.15) is 53.4 Å². The predicted octanol–water partition coefficient (Wildman–Crippen LogP) is 2.58. The van der Waals surface area contributed by atoms with Gasteiger partial charge in [-0.15, -0.1) is 0 Å². The summed E-state index contributed by atoms with van der Waals surface area (Å²) in [4.78, 5) is 0. The number of hydrogen-bond donors (Lipinski definition) is 2. The van der Waals surface area contributed by atoms with Gasteiger partial charge in [0.25, 0.3) is 0 Å². The van der Waals surface area contributed by atoms with Gasteiger partial charge in [-0.05, 0) is 41.9 Å². The third-order valence-electron chi connectivity index (χ3n) is 6.89. The summed E-state index contributed by atoms with van der Waals surface area (Å²) >= 11 is 0. The van der Waals surface area contributed by atoms with Crippen molar-refractivity contribution >= 4 is 0 Å². The molecule has 0 aromatic heterocycles. The van der Waals surface area contributed by atoms with E-state index in [0.717, 1.165) is 6.42 Å². The topological polar surface area (TPSA) is 40.5 Å². The molecule has 2 heteroatoms. The Hall–Kier alpha value is -0.0800. The number of aliphatic hydroxyl groups excluding tert-OH is 2. The van der Waals surface area contributed by atoms with Crippen LogP contribution in [0.3, 0.4) is 0 Å². The van der Waals surface area contributed by atoms with E-state index in [1.54, 1.807) is 0 Å². The first kappa shape index (κ1) is 12.0. The van der Waals surface area contributed by atoms with Crippen molar-refractivity contribution in [3.63, 3.8) is 0 Å². The molecule has 0 aromatic rings. The molecule has 3 fully saturated rings. The molecule has 2 N–H and O–H groups in total. The molecular formula is C15H26O2. The molecule has 0 saturated heterocycles. The Morgan fingerprint density at radius 1 is 0.882 bits per heavy atom. The van der Waals surface area contributed by atoms with Crippen LogP contribution in [0, 0.1) is 28.1 Å². The highest BCUT2D eigenvalue weighted by molar-refractivity contribution is 5.22. The van der Waals surface area contributed by atoms with Crippen LogP contribution < -0.4 is 0 Å². The second-order valence-corrected chi connectivity index (χ2v) is 7.94. The lowest BCUT2D eigenvalue weighted by Crippen LogP contribution is -2.46. The Balaban J connectivity index is 2.15. The molecule has 0 aromatic carbocycles. The van der Waals surface area contributed by atoms with Gasteiger partial charge in [0.15, 0.2) is 0 Å². The van der Waals surface area contributed by atoms with Crippen molar-refractivity contribution in [3.05, 3.63) is 0 Å². The first-order chi connectivity index (χ1) is 7.74. The van der Waals surface area contributed by atoms with Gasteiger partial charge < -0.3 is 10.2 Å². The third kappa shape index (κ3) is 1.14. The van der Waals surface area contributed by atoms with Gasteiger partial charge in [-0.1, -0.05) is 34.1 Å². The summed E-state index contributed by atoms with van der Waals surface area (Å²) in [5.41, 5.74) is 0.241. The highest BCUT2D eigenvalue weighted by atomic mass is 16.3. The Kier molecular flexibility index (Phi) is 2.17. The van der Waals surface area contributed by atoms with Crippen LogP contribution >= 0.6 is 0 Å². The van der Waals surface area contributed by atoms with Gasteiger partial charge in [-0.2, -0.15) is 0 Å². The molecule has 17 heavy (non-hydrogen) atoms. The lowest BCUT2D eigenvalue weighted by Gasteiger charge is -2.45. The predicted molar refractivity (Wildman–Crippen MR) is 67.5 cm³/mol. The van der Waals surface area contributed by atoms with Gasteiger partial charge in [-0.3, -0.25) is 0 Å². The minimum absolute atomic E-state index is 0.0700. The summed E-state index contributed by atoms with van der Waals surface area (Å²) in [5, 5.41) is 21.2. The molecule has 0 unspecified atom stereocenters. The summed E-state index contributed by atoms with van der Waals surface area (Å²) in [6.07, 6.45) is 3.96. The lowest BCUT2D eigenvalue weighted by atomic mass is 9.63. The van der Waals surface area contributed by atoms with Gasteiger partial charge >= 0.3 is 0 Å². The van der Waals surface area contributed by atoms with Crippen LogP contribution in [-0.4, -0.2) is 22.4 Å². The van der Waals surface area contributed by atoms with Crippen molar-refractivity contribution in [1.29, 1.82) is 0 Å². The second-order valence-electron chi connectivity index (χ2n) is 7.94. The van der Waals surface area contributed by atoms with E-state index in [9.17, 15) is 10.2 Å². The highest BCUT2D eigenvalue weighted by Crippen LogP contribution is 2.73. The molecule has 98 valence electrons. The van der Waals surface area contributed by atoms with Crippen LogP contribution in [0.4, 0.5) is 0 Å². The van der Waals surface area contributed by atoms with E-state index in [1.807, 2.05) is 0 Å². The minimum Gasteiger partial charge on any atom is -0.393 e. The monoisotopic (exact) mass is 238 g/mol. The van der Waals surface area contributed by atoms with Crippen LogP contribution in [0.25, 0.3) is 0 Å². The Bertz CT molecular complexity index is 351. The number of rotatable bonds is 0. The highest BCUT2D eigenvalue weighted by Gasteiger charge is 2.73. The van der Waals surface area contributed by atoms with Gasteiger partial charge in [0.2, 0.25) is 0 Å². The normalized spacial score (nSPS) is 60.4. The molecule has 0 heterocycles. The zero-order valence-corrected chi connectivity index (χ0v) is 11.5. The molecule has 2 nitrogen and oxygen atoms in total. The molecule has 0 radical (unpaired) electrons. The molecule has 3 aliphatic carbocycles. The van der Waals surface area contributed by atoms with E-state index >= 15 is 0 Å². The first-order valence-electron chi connectivity index (χ1n) is 7.10. The zero-order chi connectivity index (χ0) is 12.6.